The van der Waals surface area contributed by atoms with Crippen molar-refractivity contribution in [2.45, 2.75) is 12.5 Å². The largest absolute Gasteiger partial charge is 0.448 e. The van der Waals surface area contributed by atoms with Crippen LogP contribution in [0.5, 0.6) is 0 Å². The molecule has 0 heterocycles. The fourth-order valence-electron chi connectivity index (χ4n) is 4.35. The molecule has 0 saturated heterocycles. The molecule has 4 aromatic carbocycles. The smallest absolute Gasteiger partial charge is 0.414 e. The van der Waals surface area contributed by atoms with Crippen molar-refractivity contribution in [2.75, 3.05) is 17.2 Å². The molecule has 0 aliphatic heterocycles. The number of nitrogens with zero attached hydrogens (tertiary/aromatic N) is 1. The Morgan fingerprint density at radius 1 is 0.750 bits per heavy atom. The Balaban J connectivity index is 1.39. The maximum atomic E-state index is 13.3. The van der Waals surface area contributed by atoms with Crippen LogP contribution in [-0.2, 0) is 11.3 Å². The number of anilines is 2. The Kier molecular flexibility index (Phi) is 5.34. The van der Waals surface area contributed by atoms with Gasteiger partial charge in [0.05, 0.1) is 6.54 Å². The van der Waals surface area contributed by atoms with Gasteiger partial charge in [0.15, 0.2) is 0 Å². The number of hydrogen-bond donors (Lipinski definition) is 1. The lowest BCUT2D eigenvalue weighted by atomic mass is 9.98. The van der Waals surface area contributed by atoms with Gasteiger partial charge in [-0.15, -0.1) is 0 Å². The number of carbonyl (C=O) groups is 1. The summed E-state index contributed by atoms with van der Waals surface area (Å²) >= 11 is 0. The zero-order chi connectivity index (χ0) is 21.9. The first-order chi connectivity index (χ1) is 15.7. The summed E-state index contributed by atoms with van der Waals surface area (Å²) in [5.74, 6) is 0.0282. The van der Waals surface area contributed by atoms with Gasteiger partial charge in [-0.2, -0.15) is 0 Å². The molecule has 4 nitrogen and oxygen atoms in total. The highest BCUT2D eigenvalue weighted by Crippen LogP contribution is 2.44. The van der Waals surface area contributed by atoms with Gasteiger partial charge in [-0.1, -0.05) is 78.9 Å². The van der Waals surface area contributed by atoms with Crippen molar-refractivity contribution in [3.8, 4) is 11.1 Å². The lowest BCUT2D eigenvalue weighted by Crippen LogP contribution is -2.32. The predicted octanol–water partition coefficient (Wildman–Crippen LogP) is 6.22. The molecule has 158 valence electrons. The maximum absolute atomic E-state index is 13.3. The number of ether oxygens (including phenoxy) is 1. The number of amides is 1. The summed E-state index contributed by atoms with van der Waals surface area (Å²) < 4.78 is 5.91. The van der Waals surface area contributed by atoms with Crippen LogP contribution in [0.1, 0.15) is 22.6 Å². The first kappa shape index (κ1) is 19.9. The van der Waals surface area contributed by atoms with Gasteiger partial charge in [0.2, 0.25) is 0 Å². The van der Waals surface area contributed by atoms with Crippen LogP contribution >= 0.6 is 0 Å². The molecule has 0 aromatic heterocycles. The van der Waals surface area contributed by atoms with Crippen molar-refractivity contribution in [1.29, 1.82) is 0 Å². The number of benzene rings is 4. The van der Waals surface area contributed by atoms with Gasteiger partial charge in [-0.3, -0.25) is 4.90 Å². The third-order valence-electron chi connectivity index (χ3n) is 5.94. The van der Waals surface area contributed by atoms with Crippen LogP contribution < -0.4 is 10.6 Å². The molecule has 5 rings (SSSR count). The van der Waals surface area contributed by atoms with E-state index in [1.807, 2.05) is 78.9 Å². The molecule has 0 atom stereocenters. The van der Waals surface area contributed by atoms with E-state index >= 15 is 0 Å². The van der Waals surface area contributed by atoms with E-state index in [2.05, 4.69) is 24.3 Å². The summed E-state index contributed by atoms with van der Waals surface area (Å²) in [6.45, 7) is 0.693. The van der Waals surface area contributed by atoms with E-state index in [0.717, 1.165) is 11.3 Å². The highest BCUT2D eigenvalue weighted by Gasteiger charge is 2.30. The SMILES string of the molecule is Nc1ccc(CN(C(=O)OCC2c3ccccc3-c3ccccc32)c2ccccc2)cc1. The van der Waals surface area contributed by atoms with Crippen LogP contribution in [0.2, 0.25) is 0 Å². The Morgan fingerprint density at radius 3 is 1.94 bits per heavy atom. The monoisotopic (exact) mass is 420 g/mol. The average Bonchev–Trinajstić information content (AvgIpc) is 3.16. The summed E-state index contributed by atoms with van der Waals surface area (Å²) in [5, 5.41) is 0. The summed E-state index contributed by atoms with van der Waals surface area (Å²) in [6, 6.07) is 33.8. The molecular weight excluding hydrogens is 396 g/mol. The maximum Gasteiger partial charge on any atom is 0.414 e. The molecule has 0 bridgehead atoms. The molecule has 4 aromatic rings. The first-order valence-corrected chi connectivity index (χ1v) is 10.7. The summed E-state index contributed by atoms with van der Waals surface area (Å²) in [6.07, 6.45) is -0.366. The predicted molar refractivity (Wildman–Crippen MR) is 129 cm³/mol. The van der Waals surface area contributed by atoms with Crippen LogP contribution in [0.4, 0.5) is 16.2 Å². The van der Waals surface area contributed by atoms with Gasteiger partial charge in [-0.25, -0.2) is 4.79 Å². The number of nitrogen functional groups attached to an aromatic ring is 1. The summed E-state index contributed by atoms with van der Waals surface area (Å²) in [5.41, 5.74) is 13.1. The number of hydrogen-bond acceptors (Lipinski definition) is 3. The van der Waals surface area contributed by atoms with Gasteiger partial charge in [0.25, 0.3) is 0 Å². The first-order valence-electron chi connectivity index (χ1n) is 10.7. The van der Waals surface area contributed by atoms with E-state index in [1.54, 1.807) is 4.90 Å². The number of fused-ring (bicyclic) bond motifs is 3. The zero-order valence-electron chi connectivity index (χ0n) is 17.6. The van der Waals surface area contributed by atoms with Crippen molar-refractivity contribution in [2.24, 2.45) is 0 Å². The molecule has 1 aliphatic carbocycles. The van der Waals surface area contributed by atoms with Crippen LogP contribution in [0.15, 0.2) is 103 Å². The van der Waals surface area contributed by atoms with Gasteiger partial charge < -0.3 is 10.5 Å². The van der Waals surface area contributed by atoms with Gasteiger partial charge >= 0.3 is 6.09 Å². The van der Waals surface area contributed by atoms with E-state index < -0.39 is 0 Å². The fraction of sp³-hybridized carbons (Fsp3) is 0.107. The molecule has 2 N–H and O–H groups in total. The Hall–Kier alpha value is -4.05. The molecule has 0 saturated carbocycles. The lowest BCUT2D eigenvalue weighted by Gasteiger charge is -2.24. The van der Waals surface area contributed by atoms with Crippen LogP contribution in [0, 0.1) is 0 Å². The second kappa shape index (κ2) is 8.60. The zero-order valence-corrected chi connectivity index (χ0v) is 17.6. The Labute approximate surface area is 187 Å². The van der Waals surface area contributed by atoms with Gasteiger partial charge in [0, 0.05) is 17.3 Å². The van der Waals surface area contributed by atoms with Crippen LogP contribution in [-0.4, -0.2) is 12.7 Å². The second-order valence-corrected chi connectivity index (χ2v) is 7.97. The minimum absolute atomic E-state index is 0.0282. The van der Waals surface area contributed by atoms with Crippen molar-refractivity contribution in [3.63, 3.8) is 0 Å². The molecule has 0 unspecified atom stereocenters. The standard InChI is InChI=1S/C28H24N2O2/c29-21-16-14-20(15-17-21)18-30(22-8-2-1-3-9-22)28(31)32-19-27-25-12-6-4-10-23(25)24-11-5-7-13-26(24)27/h1-17,27H,18-19,29H2. The number of rotatable bonds is 5. The molecule has 0 radical (unpaired) electrons. The minimum Gasteiger partial charge on any atom is -0.448 e. The molecule has 32 heavy (non-hydrogen) atoms. The lowest BCUT2D eigenvalue weighted by molar-refractivity contribution is 0.150. The highest BCUT2D eigenvalue weighted by molar-refractivity contribution is 5.88. The summed E-state index contributed by atoms with van der Waals surface area (Å²) in [7, 11) is 0. The van der Waals surface area contributed by atoms with Gasteiger partial charge in [0.1, 0.15) is 6.61 Å². The molecule has 1 amide bonds. The van der Waals surface area contributed by atoms with Crippen LogP contribution in [0.3, 0.4) is 0 Å². The second-order valence-electron chi connectivity index (χ2n) is 7.97. The third-order valence-corrected chi connectivity index (χ3v) is 5.94. The van der Waals surface area contributed by atoms with E-state index in [-0.39, 0.29) is 18.6 Å². The Morgan fingerprint density at radius 2 is 1.31 bits per heavy atom. The third kappa shape index (κ3) is 3.83. The molecule has 0 fully saturated rings. The quantitative estimate of drug-likeness (QED) is 0.390. The minimum atomic E-state index is -0.366. The number of nitrogens with two attached hydrogens (primary N) is 1. The normalized spacial score (nSPS) is 12.1. The number of para-hydroxylation sites is 1. The number of carbonyl (C=O) groups excluding carboxylic acids is 1. The van der Waals surface area contributed by atoms with E-state index in [0.29, 0.717) is 12.2 Å². The van der Waals surface area contributed by atoms with E-state index in [9.17, 15) is 4.79 Å². The van der Waals surface area contributed by atoms with Crippen LogP contribution in [0.25, 0.3) is 11.1 Å². The van der Waals surface area contributed by atoms with Crippen molar-refractivity contribution in [3.05, 3.63) is 120 Å². The summed E-state index contributed by atoms with van der Waals surface area (Å²) in [4.78, 5) is 14.9. The van der Waals surface area contributed by atoms with E-state index in [4.69, 9.17) is 10.5 Å². The molecule has 1 aliphatic rings. The molecule has 4 heteroatoms. The Bertz CT molecular complexity index is 1190. The fourth-order valence-corrected chi connectivity index (χ4v) is 4.35. The van der Waals surface area contributed by atoms with E-state index in [1.165, 1.54) is 22.3 Å². The molecular formula is C28H24N2O2. The van der Waals surface area contributed by atoms with Crippen molar-refractivity contribution >= 4 is 17.5 Å². The highest BCUT2D eigenvalue weighted by atomic mass is 16.6. The average molecular weight is 421 g/mol. The molecule has 0 spiro atoms. The topological polar surface area (TPSA) is 55.6 Å². The van der Waals surface area contributed by atoms with Gasteiger partial charge in [-0.05, 0) is 52.1 Å². The van der Waals surface area contributed by atoms with Crippen molar-refractivity contribution < 1.29 is 9.53 Å². The van der Waals surface area contributed by atoms with Crippen molar-refractivity contribution in [1.82, 2.24) is 0 Å².